The molecule has 50 valence electrons. The molecule has 0 spiro atoms. The standard InChI is InChI=1S/C5H8O3.Ti/c1-4(6)3-5(2)7-8-5;/h3H2,1-2H3;. The maximum atomic E-state index is 10.3. The molecule has 0 aliphatic carbocycles. The Labute approximate surface area is 68.5 Å². The van der Waals surface area contributed by atoms with Gasteiger partial charge in [-0.05, 0) is 13.8 Å². The zero-order valence-corrected chi connectivity index (χ0v) is 6.99. The summed E-state index contributed by atoms with van der Waals surface area (Å²) in [5.41, 5.74) is 0. The van der Waals surface area contributed by atoms with Crippen molar-refractivity contribution in [3.8, 4) is 0 Å². The van der Waals surface area contributed by atoms with Crippen LogP contribution in [0.25, 0.3) is 0 Å². The second-order valence-corrected chi connectivity index (χ2v) is 2.18. The van der Waals surface area contributed by atoms with Gasteiger partial charge in [-0.15, -0.1) is 0 Å². The van der Waals surface area contributed by atoms with Gasteiger partial charge in [0.25, 0.3) is 0 Å². The topological polar surface area (TPSA) is 42.1 Å². The van der Waals surface area contributed by atoms with Crippen LogP contribution < -0.4 is 0 Å². The van der Waals surface area contributed by atoms with Crippen molar-refractivity contribution in [1.82, 2.24) is 0 Å². The Hall–Kier alpha value is 0.304. The van der Waals surface area contributed by atoms with Gasteiger partial charge in [0.15, 0.2) is 0 Å². The van der Waals surface area contributed by atoms with Crippen LogP contribution in [-0.2, 0) is 36.3 Å². The van der Waals surface area contributed by atoms with Crippen molar-refractivity contribution in [1.29, 1.82) is 0 Å². The molecule has 9 heavy (non-hydrogen) atoms. The number of hydrogen-bond acceptors (Lipinski definition) is 3. The van der Waals surface area contributed by atoms with E-state index in [1.807, 2.05) is 0 Å². The molecule has 0 radical (unpaired) electrons. The van der Waals surface area contributed by atoms with Crippen LogP contribution in [0, 0.1) is 0 Å². The molecule has 0 N–H and O–H groups in total. The monoisotopic (exact) mass is 164 g/mol. The van der Waals surface area contributed by atoms with Crippen molar-refractivity contribution < 1.29 is 36.3 Å². The normalized spacial score (nSPS) is 20.2. The second kappa shape index (κ2) is 2.93. The average molecular weight is 164 g/mol. The third-order valence-electron chi connectivity index (χ3n) is 0.938. The van der Waals surface area contributed by atoms with Crippen molar-refractivity contribution in [2.45, 2.75) is 26.1 Å². The minimum atomic E-state index is -0.578. The predicted octanol–water partition coefficient (Wildman–Crippen LogP) is 0.641. The molecule has 1 saturated heterocycles. The first-order valence-electron chi connectivity index (χ1n) is 2.49. The molecule has 0 aromatic carbocycles. The van der Waals surface area contributed by atoms with Crippen LogP contribution in [-0.4, -0.2) is 11.6 Å². The van der Waals surface area contributed by atoms with Gasteiger partial charge in [0, 0.05) is 21.7 Å². The van der Waals surface area contributed by atoms with Crippen LogP contribution in [0.2, 0.25) is 0 Å². The maximum absolute atomic E-state index is 10.3. The van der Waals surface area contributed by atoms with E-state index >= 15 is 0 Å². The molecule has 0 bridgehead atoms. The molecule has 4 heteroatoms. The van der Waals surface area contributed by atoms with Gasteiger partial charge >= 0.3 is 0 Å². The third kappa shape index (κ3) is 3.11. The van der Waals surface area contributed by atoms with Gasteiger partial charge in [-0.1, -0.05) is 0 Å². The van der Waals surface area contributed by atoms with Crippen LogP contribution >= 0.6 is 0 Å². The molecule has 0 unspecified atom stereocenters. The number of rotatable bonds is 2. The van der Waals surface area contributed by atoms with Gasteiger partial charge in [0.2, 0.25) is 5.79 Å². The Balaban J connectivity index is 0.000000640. The van der Waals surface area contributed by atoms with Gasteiger partial charge < -0.3 is 0 Å². The summed E-state index contributed by atoms with van der Waals surface area (Å²) in [7, 11) is 0. The SMILES string of the molecule is CC(=O)CC1(C)OO1.[Ti]. The number of hydrogen-bond donors (Lipinski definition) is 0. The van der Waals surface area contributed by atoms with E-state index in [0.717, 1.165) is 0 Å². The first kappa shape index (κ1) is 9.30. The summed E-state index contributed by atoms with van der Waals surface area (Å²) >= 11 is 0. The fourth-order valence-corrected chi connectivity index (χ4v) is 0.582. The van der Waals surface area contributed by atoms with Gasteiger partial charge in [-0.25, -0.2) is 0 Å². The first-order chi connectivity index (χ1) is 3.62. The Morgan fingerprint density at radius 2 is 2.00 bits per heavy atom. The smallest absolute Gasteiger partial charge is 0.238 e. The summed E-state index contributed by atoms with van der Waals surface area (Å²) in [5.74, 6) is -0.490. The number of Topliss-reactive ketones (excluding diaryl/α,β-unsaturated/α-hetero) is 1. The molecule has 1 aliphatic heterocycles. The summed E-state index contributed by atoms with van der Waals surface area (Å²) in [5, 5.41) is 0. The van der Waals surface area contributed by atoms with E-state index in [1.54, 1.807) is 6.92 Å². The van der Waals surface area contributed by atoms with Crippen molar-refractivity contribution in [2.24, 2.45) is 0 Å². The van der Waals surface area contributed by atoms with Gasteiger partial charge in [0.1, 0.15) is 5.78 Å². The van der Waals surface area contributed by atoms with Crippen molar-refractivity contribution in [3.63, 3.8) is 0 Å². The van der Waals surface area contributed by atoms with Crippen LogP contribution in [0.1, 0.15) is 20.3 Å². The average Bonchev–Trinajstić information content (AvgIpc) is 2.17. The number of carbonyl (C=O) groups is 1. The molecule has 1 aliphatic rings. The molecule has 1 rings (SSSR count). The molecule has 1 fully saturated rings. The van der Waals surface area contributed by atoms with Gasteiger partial charge in [0.05, 0.1) is 6.42 Å². The molecule has 0 amide bonds. The predicted molar refractivity (Wildman–Crippen MR) is 25.9 cm³/mol. The van der Waals surface area contributed by atoms with E-state index in [9.17, 15) is 4.79 Å². The van der Waals surface area contributed by atoms with E-state index in [4.69, 9.17) is 0 Å². The fraction of sp³-hybridized carbons (Fsp3) is 0.800. The zero-order valence-electron chi connectivity index (χ0n) is 5.43. The second-order valence-electron chi connectivity index (χ2n) is 2.18. The Kier molecular flexibility index (Phi) is 3.03. The summed E-state index contributed by atoms with van der Waals surface area (Å²) in [6, 6.07) is 0. The largest absolute Gasteiger partial charge is 0.300 e. The minimum absolute atomic E-state index is 0. The molecule has 3 nitrogen and oxygen atoms in total. The molecule has 0 aromatic rings. The fourth-order valence-electron chi connectivity index (χ4n) is 0.582. The third-order valence-corrected chi connectivity index (χ3v) is 0.938. The molecular weight excluding hydrogens is 156 g/mol. The van der Waals surface area contributed by atoms with E-state index in [-0.39, 0.29) is 27.5 Å². The molecule has 0 saturated carbocycles. The van der Waals surface area contributed by atoms with Crippen molar-refractivity contribution in [2.75, 3.05) is 0 Å². The summed E-state index contributed by atoms with van der Waals surface area (Å²) in [6.07, 6.45) is 0.354. The number of ketones is 1. The Morgan fingerprint density at radius 1 is 1.56 bits per heavy atom. The van der Waals surface area contributed by atoms with E-state index in [2.05, 4.69) is 9.78 Å². The summed E-state index contributed by atoms with van der Waals surface area (Å²) in [4.78, 5) is 19.3. The zero-order chi connectivity index (χ0) is 6.20. The van der Waals surface area contributed by atoms with Gasteiger partial charge in [-0.3, -0.25) is 4.79 Å². The van der Waals surface area contributed by atoms with Gasteiger partial charge in [-0.2, -0.15) is 9.78 Å². The van der Waals surface area contributed by atoms with Crippen LogP contribution in [0.4, 0.5) is 0 Å². The maximum Gasteiger partial charge on any atom is 0.238 e. The molecule has 1 heterocycles. The number of carbonyl (C=O) groups excluding carboxylic acids is 1. The Morgan fingerprint density at radius 3 is 2.11 bits per heavy atom. The van der Waals surface area contributed by atoms with E-state index in [1.165, 1.54) is 6.92 Å². The molecule has 0 atom stereocenters. The van der Waals surface area contributed by atoms with E-state index < -0.39 is 5.79 Å². The van der Waals surface area contributed by atoms with Crippen LogP contribution in [0.3, 0.4) is 0 Å². The van der Waals surface area contributed by atoms with Crippen molar-refractivity contribution in [3.05, 3.63) is 0 Å². The van der Waals surface area contributed by atoms with Crippen molar-refractivity contribution >= 4 is 5.78 Å². The molecule has 0 aromatic heterocycles. The summed E-state index contributed by atoms with van der Waals surface area (Å²) in [6.45, 7) is 3.24. The summed E-state index contributed by atoms with van der Waals surface area (Å²) < 4.78 is 0. The minimum Gasteiger partial charge on any atom is -0.300 e. The quantitative estimate of drug-likeness (QED) is 0.341. The van der Waals surface area contributed by atoms with E-state index in [0.29, 0.717) is 6.42 Å². The first-order valence-corrected chi connectivity index (χ1v) is 2.49. The van der Waals surface area contributed by atoms with Crippen LogP contribution in [0.15, 0.2) is 0 Å². The molecular formula is C5H8O3Ti. The Bertz CT molecular complexity index is 119. The van der Waals surface area contributed by atoms with Crippen LogP contribution in [0.5, 0.6) is 0 Å².